The van der Waals surface area contributed by atoms with Crippen LogP contribution in [0.2, 0.25) is 0 Å². The number of methoxy groups -OCH3 is 1. The number of hydrogen-bond donors (Lipinski definition) is 1. The predicted molar refractivity (Wildman–Crippen MR) is 55.1 cm³/mol. The molecule has 14 heavy (non-hydrogen) atoms. The fraction of sp³-hybridized carbons (Fsp3) is 0.364. The molecule has 0 saturated heterocycles. The van der Waals surface area contributed by atoms with Crippen LogP contribution in [-0.2, 0) is 11.2 Å². The summed E-state index contributed by atoms with van der Waals surface area (Å²) < 4.78 is 5.03. The normalized spacial score (nSPS) is 12.1. The molecule has 0 saturated carbocycles. The number of hydrogen-bond acceptors (Lipinski definition) is 2. The monoisotopic (exact) mass is 193 g/mol. The van der Waals surface area contributed by atoms with Crippen molar-refractivity contribution < 1.29 is 9.53 Å². The second-order valence-corrected chi connectivity index (χ2v) is 3.36. The number of primary amides is 1. The molecule has 0 fully saturated rings. The van der Waals surface area contributed by atoms with Crippen molar-refractivity contribution in [2.75, 3.05) is 7.11 Å². The molecule has 1 aromatic rings. The van der Waals surface area contributed by atoms with Gasteiger partial charge in [-0.15, -0.1) is 0 Å². The summed E-state index contributed by atoms with van der Waals surface area (Å²) in [4.78, 5) is 10.8. The first-order valence-corrected chi connectivity index (χ1v) is 4.55. The number of nitrogens with two attached hydrogens (primary N) is 1. The van der Waals surface area contributed by atoms with E-state index >= 15 is 0 Å². The predicted octanol–water partition coefficient (Wildman–Crippen LogP) is 1.36. The summed E-state index contributed by atoms with van der Waals surface area (Å²) in [5.74, 6) is 0.435. The van der Waals surface area contributed by atoms with Gasteiger partial charge in [-0.2, -0.15) is 0 Å². The zero-order valence-corrected chi connectivity index (χ0v) is 8.49. The molecule has 0 bridgehead atoms. The third kappa shape index (κ3) is 2.76. The molecule has 1 aromatic carbocycles. The van der Waals surface area contributed by atoms with Gasteiger partial charge in [-0.05, 0) is 24.1 Å². The number of amides is 1. The van der Waals surface area contributed by atoms with Crippen LogP contribution in [0.1, 0.15) is 12.5 Å². The molecule has 0 aliphatic rings. The average Bonchev–Trinajstić information content (AvgIpc) is 2.19. The van der Waals surface area contributed by atoms with Gasteiger partial charge in [-0.3, -0.25) is 4.79 Å². The second kappa shape index (κ2) is 4.65. The molecule has 76 valence electrons. The maximum Gasteiger partial charge on any atom is 0.220 e. The maximum absolute atomic E-state index is 10.8. The van der Waals surface area contributed by atoms with E-state index in [1.165, 1.54) is 0 Å². The van der Waals surface area contributed by atoms with Gasteiger partial charge in [0.05, 0.1) is 7.11 Å². The van der Waals surface area contributed by atoms with E-state index < -0.39 is 0 Å². The molecule has 0 radical (unpaired) electrons. The highest BCUT2D eigenvalue weighted by atomic mass is 16.5. The summed E-state index contributed by atoms with van der Waals surface area (Å²) >= 11 is 0. The Morgan fingerprint density at radius 1 is 1.43 bits per heavy atom. The van der Waals surface area contributed by atoms with E-state index in [-0.39, 0.29) is 11.8 Å². The van der Waals surface area contributed by atoms with Crippen molar-refractivity contribution in [1.29, 1.82) is 0 Å². The number of carbonyl (C=O) groups is 1. The van der Waals surface area contributed by atoms with Gasteiger partial charge in [-0.1, -0.05) is 19.1 Å². The summed E-state index contributed by atoms with van der Waals surface area (Å²) in [5, 5.41) is 0. The summed E-state index contributed by atoms with van der Waals surface area (Å²) in [6.07, 6.45) is 0.680. The third-order valence-corrected chi connectivity index (χ3v) is 2.19. The molecule has 1 atom stereocenters. The minimum Gasteiger partial charge on any atom is -0.497 e. The average molecular weight is 193 g/mol. The highest BCUT2D eigenvalue weighted by Gasteiger charge is 2.08. The number of benzene rings is 1. The molecule has 3 nitrogen and oxygen atoms in total. The van der Waals surface area contributed by atoms with Crippen LogP contribution in [0.5, 0.6) is 5.75 Å². The van der Waals surface area contributed by atoms with Crippen molar-refractivity contribution in [1.82, 2.24) is 0 Å². The van der Waals surface area contributed by atoms with Gasteiger partial charge in [0.25, 0.3) is 0 Å². The van der Waals surface area contributed by atoms with Gasteiger partial charge < -0.3 is 10.5 Å². The van der Waals surface area contributed by atoms with Crippen LogP contribution in [0.15, 0.2) is 24.3 Å². The summed E-state index contributed by atoms with van der Waals surface area (Å²) in [5.41, 5.74) is 6.27. The zero-order chi connectivity index (χ0) is 10.6. The summed E-state index contributed by atoms with van der Waals surface area (Å²) in [6, 6.07) is 7.64. The van der Waals surface area contributed by atoms with Crippen molar-refractivity contribution in [3.05, 3.63) is 29.8 Å². The number of carbonyl (C=O) groups excluding carboxylic acids is 1. The van der Waals surface area contributed by atoms with Crippen molar-refractivity contribution >= 4 is 5.91 Å². The highest BCUT2D eigenvalue weighted by Crippen LogP contribution is 2.14. The first-order valence-electron chi connectivity index (χ1n) is 4.55. The maximum atomic E-state index is 10.8. The Hall–Kier alpha value is -1.51. The van der Waals surface area contributed by atoms with Crippen LogP contribution < -0.4 is 10.5 Å². The Labute approximate surface area is 83.9 Å². The zero-order valence-electron chi connectivity index (χ0n) is 8.49. The molecule has 0 aliphatic carbocycles. The van der Waals surface area contributed by atoms with Crippen molar-refractivity contribution in [2.45, 2.75) is 13.3 Å². The van der Waals surface area contributed by atoms with Crippen molar-refractivity contribution in [3.63, 3.8) is 0 Å². The largest absolute Gasteiger partial charge is 0.497 e. The van der Waals surface area contributed by atoms with Crippen LogP contribution in [0.3, 0.4) is 0 Å². The number of rotatable bonds is 4. The molecule has 0 aliphatic heterocycles. The fourth-order valence-corrected chi connectivity index (χ4v) is 1.22. The lowest BCUT2D eigenvalue weighted by Gasteiger charge is -2.07. The Morgan fingerprint density at radius 3 is 2.43 bits per heavy atom. The Kier molecular flexibility index (Phi) is 3.51. The van der Waals surface area contributed by atoms with E-state index in [0.717, 1.165) is 11.3 Å². The SMILES string of the molecule is COc1ccc(CC(C)C(N)=O)cc1. The molecule has 1 amide bonds. The molecule has 3 heteroatoms. The fourth-order valence-electron chi connectivity index (χ4n) is 1.22. The minimum atomic E-state index is -0.263. The molecule has 0 aromatic heterocycles. The minimum absolute atomic E-state index is 0.122. The molecular weight excluding hydrogens is 178 g/mol. The molecule has 0 spiro atoms. The Morgan fingerprint density at radius 2 is 2.00 bits per heavy atom. The van der Waals surface area contributed by atoms with Crippen molar-refractivity contribution in [2.24, 2.45) is 11.7 Å². The lowest BCUT2D eigenvalue weighted by atomic mass is 10.0. The Bertz CT molecular complexity index is 306. The van der Waals surface area contributed by atoms with E-state index in [0.29, 0.717) is 6.42 Å². The van der Waals surface area contributed by atoms with Crippen molar-refractivity contribution in [3.8, 4) is 5.75 Å². The van der Waals surface area contributed by atoms with Crippen LogP contribution in [0, 0.1) is 5.92 Å². The first-order chi connectivity index (χ1) is 6.63. The van der Waals surface area contributed by atoms with Crippen LogP contribution >= 0.6 is 0 Å². The van der Waals surface area contributed by atoms with Gasteiger partial charge in [0.1, 0.15) is 5.75 Å². The second-order valence-electron chi connectivity index (χ2n) is 3.36. The third-order valence-electron chi connectivity index (χ3n) is 2.19. The molecular formula is C11H15NO2. The van der Waals surface area contributed by atoms with E-state index in [1.807, 2.05) is 31.2 Å². The van der Waals surface area contributed by atoms with Crippen LogP contribution in [-0.4, -0.2) is 13.0 Å². The standard InChI is InChI=1S/C11H15NO2/c1-8(11(12)13)7-9-3-5-10(14-2)6-4-9/h3-6,8H,7H2,1-2H3,(H2,12,13). The van der Waals surface area contributed by atoms with E-state index in [9.17, 15) is 4.79 Å². The Balaban J connectivity index is 2.64. The van der Waals surface area contributed by atoms with E-state index in [4.69, 9.17) is 10.5 Å². The quantitative estimate of drug-likeness (QED) is 0.785. The lowest BCUT2D eigenvalue weighted by Crippen LogP contribution is -2.22. The van der Waals surface area contributed by atoms with E-state index in [1.54, 1.807) is 7.11 Å². The van der Waals surface area contributed by atoms with Crippen LogP contribution in [0.4, 0.5) is 0 Å². The molecule has 1 unspecified atom stereocenters. The molecule has 0 heterocycles. The van der Waals surface area contributed by atoms with Gasteiger partial charge in [0, 0.05) is 5.92 Å². The van der Waals surface area contributed by atoms with Gasteiger partial charge in [-0.25, -0.2) is 0 Å². The molecule has 2 N–H and O–H groups in total. The number of ether oxygens (including phenoxy) is 1. The topological polar surface area (TPSA) is 52.3 Å². The van der Waals surface area contributed by atoms with Gasteiger partial charge in [0.2, 0.25) is 5.91 Å². The first kappa shape index (κ1) is 10.6. The highest BCUT2D eigenvalue weighted by molar-refractivity contribution is 5.76. The van der Waals surface area contributed by atoms with Gasteiger partial charge in [0.15, 0.2) is 0 Å². The van der Waals surface area contributed by atoms with Gasteiger partial charge >= 0.3 is 0 Å². The summed E-state index contributed by atoms with van der Waals surface area (Å²) in [6.45, 7) is 1.83. The summed E-state index contributed by atoms with van der Waals surface area (Å²) in [7, 11) is 1.63. The van der Waals surface area contributed by atoms with Crippen LogP contribution in [0.25, 0.3) is 0 Å². The smallest absolute Gasteiger partial charge is 0.220 e. The molecule has 1 rings (SSSR count). The van der Waals surface area contributed by atoms with E-state index in [2.05, 4.69) is 0 Å². The lowest BCUT2D eigenvalue weighted by molar-refractivity contribution is -0.121.